The fraction of sp³-hybridized carbons (Fsp3) is 0.583. The lowest BCUT2D eigenvalue weighted by Gasteiger charge is -2.32. The molecule has 0 atom stereocenters. The van der Waals surface area contributed by atoms with Gasteiger partial charge in [-0.2, -0.15) is 11.3 Å². The van der Waals surface area contributed by atoms with E-state index in [2.05, 4.69) is 4.74 Å². The van der Waals surface area contributed by atoms with E-state index in [0.29, 0.717) is 0 Å². The summed E-state index contributed by atoms with van der Waals surface area (Å²) in [6.07, 6.45) is 0. The van der Waals surface area contributed by atoms with Gasteiger partial charge in [-0.3, -0.25) is 0 Å². The first kappa shape index (κ1) is 8.35. The Bertz CT molecular complexity index is 624. The van der Waals surface area contributed by atoms with E-state index in [1.54, 1.807) is 0 Å². The third-order valence-electron chi connectivity index (χ3n) is 3.28. The molecule has 1 aliphatic rings. The molecule has 0 N–H and O–H groups in total. The Hall–Kier alpha value is -0.845. The number of esters is 1. The lowest BCUT2D eigenvalue weighted by molar-refractivity contribution is 0.00578. The van der Waals surface area contributed by atoms with Gasteiger partial charge in [0.25, 0.3) is 0 Å². The predicted octanol–water partition coefficient (Wildman–Crippen LogP) is 1.83. The quantitative estimate of drug-likeness (QED) is 0.609. The zero-order valence-corrected chi connectivity index (χ0v) is 11.4. The molecule has 0 spiro atoms. The average Bonchev–Trinajstić information content (AvgIpc) is 2.71. The molecule has 2 heterocycles. The van der Waals surface area contributed by atoms with E-state index >= 15 is 0 Å². The van der Waals surface area contributed by atoms with Gasteiger partial charge in [-0.1, -0.05) is 0 Å². The van der Waals surface area contributed by atoms with E-state index in [1.807, 2.05) is 27.7 Å². The predicted molar refractivity (Wildman–Crippen MR) is 71.4 cm³/mol. The molecular formula is C12H17BO4S. The minimum Gasteiger partial charge on any atom is -0.465 e. The fourth-order valence-corrected chi connectivity index (χ4v) is 2.17. The molecule has 1 aromatic heterocycles. The fourth-order valence-electron chi connectivity index (χ4n) is 1.48. The smallest absolute Gasteiger partial charge is 0.465 e. The van der Waals surface area contributed by atoms with Crippen molar-refractivity contribution in [2.45, 2.75) is 38.9 Å². The highest BCUT2D eigenvalue weighted by atomic mass is 32.1. The second kappa shape index (κ2) is 4.37. The molecule has 0 amide bonds. The van der Waals surface area contributed by atoms with Crippen molar-refractivity contribution in [3.63, 3.8) is 0 Å². The molecule has 0 unspecified atom stereocenters. The second-order valence-electron chi connectivity index (χ2n) is 5.05. The van der Waals surface area contributed by atoms with Gasteiger partial charge >= 0.3 is 13.1 Å². The Morgan fingerprint density at radius 1 is 1.44 bits per heavy atom. The summed E-state index contributed by atoms with van der Waals surface area (Å²) in [5.74, 6) is -1.22. The largest absolute Gasteiger partial charge is 0.505 e. The van der Waals surface area contributed by atoms with E-state index in [1.165, 1.54) is 0 Å². The second-order valence-corrected chi connectivity index (χ2v) is 5.89. The Labute approximate surface area is 118 Å². The molecule has 0 aliphatic carbocycles. The van der Waals surface area contributed by atoms with Crippen molar-refractivity contribution in [3.05, 3.63) is 17.0 Å². The van der Waals surface area contributed by atoms with Crippen LogP contribution in [0.3, 0.4) is 0 Å². The van der Waals surface area contributed by atoms with Crippen LogP contribution in [-0.2, 0) is 14.0 Å². The van der Waals surface area contributed by atoms with Gasteiger partial charge in [-0.15, -0.1) is 0 Å². The molecule has 0 saturated carbocycles. The van der Waals surface area contributed by atoms with E-state index in [-0.39, 0.29) is 16.2 Å². The molecule has 1 aromatic rings. The van der Waals surface area contributed by atoms with Crippen LogP contribution in [0.2, 0.25) is 0 Å². The van der Waals surface area contributed by atoms with Gasteiger partial charge in [0.2, 0.25) is 0 Å². The van der Waals surface area contributed by atoms with Gasteiger partial charge in [-0.05, 0) is 33.7 Å². The van der Waals surface area contributed by atoms with Crippen LogP contribution in [0.4, 0.5) is 0 Å². The molecule has 4 nitrogen and oxygen atoms in total. The van der Waals surface area contributed by atoms with Crippen LogP contribution < -0.4 is 4.78 Å². The summed E-state index contributed by atoms with van der Waals surface area (Å²) in [6, 6.07) is -0.298. The SMILES string of the molecule is [2H]c1sc(B2OC(C)(C)C(C)(C)O2)c([2H])c1C(=O)OC([2H])([2H])[2H]. The highest BCUT2D eigenvalue weighted by Crippen LogP contribution is 2.36. The number of carbonyl (C=O) groups is 1. The molecule has 18 heavy (non-hydrogen) atoms. The van der Waals surface area contributed by atoms with E-state index < -0.39 is 36.9 Å². The monoisotopic (exact) mass is 273 g/mol. The third-order valence-corrected chi connectivity index (χ3v) is 4.10. The molecule has 1 aliphatic heterocycles. The molecule has 0 aromatic carbocycles. The first-order valence-corrected chi connectivity index (χ1v) is 6.26. The lowest BCUT2D eigenvalue weighted by atomic mass is 9.87. The highest BCUT2D eigenvalue weighted by Gasteiger charge is 2.52. The Balaban J connectivity index is 2.34. The van der Waals surface area contributed by atoms with Gasteiger partial charge in [0.15, 0.2) is 0 Å². The summed E-state index contributed by atoms with van der Waals surface area (Å²) in [6.45, 7) is 7.37. The van der Waals surface area contributed by atoms with Crippen LogP contribution >= 0.6 is 11.3 Å². The molecule has 98 valence electrons. The molecule has 2 rings (SSSR count). The lowest BCUT2D eigenvalue weighted by Crippen LogP contribution is -2.41. The number of hydrogen-bond donors (Lipinski definition) is 0. The maximum absolute atomic E-state index is 11.9. The molecule has 6 heteroatoms. The normalized spacial score (nSPS) is 25.8. The summed E-state index contributed by atoms with van der Waals surface area (Å²) < 4.78 is 52.9. The van der Waals surface area contributed by atoms with Crippen molar-refractivity contribution < 1.29 is 25.7 Å². The molecule has 1 fully saturated rings. The van der Waals surface area contributed by atoms with E-state index in [4.69, 9.17) is 16.2 Å². The number of carbonyl (C=O) groups excluding carboxylic acids is 1. The Morgan fingerprint density at radius 2 is 2.06 bits per heavy atom. The standard InChI is InChI=1S/C12H17BO4S/c1-11(2)12(3,4)17-13(16-11)9-6-8(7-18-9)10(14)15-5/h6-7H,1-5H3/i5D3,6D,7D. The van der Waals surface area contributed by atoms with Gasteiger partial charge in [0.1, 0.15) is 0 Å². The van der Waals surface area contributed by atoms with Gasteiger partial charge in [0.05, 0.1) is 30.7 Å². The average molecular weight is 273 g/mol. The molecule has 1 saturated heterocycles. The van der Waals surface area contributed by atoms with Gasteiger partial charge in [0, 0.05) is 10.1 Å². The number of ether oxygens (including phenoxy) is 1. The van der Waals surface area contributed by atoms with Crippen molar-refractivity contribution in [3.8, 4) is 0 Å². The topological polar surface area (TPSA) is 44.8 Å². The van der Waals surface area contributed by atoms with Crippen molar-refractivity contribution >= 4 is 29.2 Å². The van der Waals surface area contributed by atoms with Crippen LogP contribution in [0.5, 0.6) is 0 Å². The van der Waals surface area contributed by atoms with E-state index in [0.717, 1.165) is 11.3 Å². The number of methoxy groups -OCH3 is 1. The van der Waals surface area contributed by atoms with Crippen molar-refractivity contribution in [2.75, 3.05) is 7.04 Å². The zero-order valence-electron chi connectivity index (χ0n) is 15.6. The van der Waals surface area contributed by atoms with Crippen LogP contribution in [0, 0.1) is 0 Å². The maximum atomic E-state index is 11.9. The number of rotatable bonds is 2. The van der Waals surface area contributed by atoms with Crippen LogP contribution in [0.25, 0.3) is 0 Å². The Morgan fingerprint density at radius 3 is 2.61 bits per heavy atom. The van der Waals surface area contributed by atoms with Crippen LogP contribution in [0.15, 0.2) is 11.4 Å². The first-order valence-electron chi connectivity index (χ1n) is 7.94. The van der Waals surface area contributed by atoms with Crippen molar-refractivity contribution in [1.29, 1.82) is 0 Å². The third kappa shape index (κ3) is 2.20. The summed E-state index contributed by atoms with van der Waals surface area (Å²) in [7, 11) is -3.82. The minimum atomic E-state index is -2.93. The summed E-state index contributed by atoms with van der Waals surface area (Å²) >= 11 is 0.839. The summed E-state index contributed by atoms with van der Waals surface area (Å²) in [5.41, 5.74) is -1.65. The number of hydrogen-bond acceptors (Lipinski definition) is 5. The van der Waals surface area contributed by atoms with Crippen LogP contribution in [0.1, 0.15) is 44.9 Å². The molecule has 0 bridgehead atoms. The van der Waals surface area contributed by atoms with Crippen LogP contribution in [-0.4, -0.2) is 31.3 Å². The highest BCUT2D eigenvalue weighted by molar-refractivity contribution is 7.21. The number of thiophene rings is 1. The van der Waals surface area contributed by atoms with Crippen molar-refractivity contribution in [2.24, 2.45) is 0 Å². The maximum Gasteiger partial charge on any atom is 0.505 e. The molecular weight excluding hydrogens is 251 g/mol. The Kier molecular flexibility index (Phi) is 2.03. The summed E-state index contributed by atoms with van der Waals surface area (Å²) in [5, 5.41) is -0.256. The first-order chi connectivity index (χ1) is 10.3. The van der Waals surface area contributed by atoms with E-state index in [9.17, 15) is 4.79 Å². The van der Waals surface area contributed by atoms with Gasteiger partial charge < -0.3 is 14.0 Å². The summed E-state index contributed by atoms with van der Waals surface area (Å²) in [4.78, 5) is 11.9. The molecule has 0 radical (unpaired) electrons. The van der Waals surface area contributed by atoms with Gasteiger partial charge in [-0.25, -0.2) is 4.79 Å². The van der Waals surface area contributed by atoms with Crippen molar-refractivity contribution in [1.82, 2.24) is 0 Å². The minimum absolute atomic E-state index is 0.242. The zero-order chi connectivity index (χ0) is 17.8.